The SMILES string of the molecule is Fc1ccc(Oc2ccc(C=NOCc3ccc(Br)cc3)cn2)cc1. The maximum Gasteiger partial charge on any atom is 0.219 e. The number of oxime groups is 1. The van der Waals surface area contributed by atoms with Crippen molar-refractivity contribution in [3.05, 3.63) is 88.3 Å². The van der Waals surface area contributed by atoms with Gasteiger partial charge < -0.3 is 9.57 Å². The molecule has 25 heavy (non-hydrogen) atoms. The molecule has 3 rings (SSSR count). The van der Waals surface area contributed by atoms with Crippen LogP contribution in [0.1, 0.15) is 11.1 Å². The Morgan fingerprint density at radius 3 is 2.44 bits per heavy atom. The van der Waals surface area contributed by atoms with Gasteiger partial charge in [-0.2, -0.15) is 0 Å². The van der Waals surface area contributed by atoms with E-state index < -0.39 is 0 Å². The number of halogens is 2. The number of pyridine rings is 1. The van der Waals surface area contributed by atoms with Gasteiger partial charge in [0.05, 0.1) is 6.21 Å². The van der Waals surface area contributed by atoms with E-state index in [4.69, 9.17) is 9.57 Å². The zero-order chi connectivity index (χ0) is 17.5. The van der Waals surface area contributed by atoms with E-state index in [1.807, 2.05) is 24.3 Å². The summed E-state index contributed by atoms with van der Waals surface area (Å²) in [5, 5.41) is 3.92. The molecule has 0 saturated heterocycles. The molecule has 0 N–H and O–H groups in total. The largest absolute Gasteiger partial charge is 0.439 e. The summed E-state index contributed by atoms with van der Waals surface area (Å²) >= 11 is 3.38. The first kappa shape index (κ1) is 17.1. The van der Waals surface area contributed by atoms with E-state index in [1.165, 1.54) is 12.1 Å². The van der Waals surface area contributed by atoms with E-state index >= 15 is 0 Å². The Morgan fingerprint density at radius 1 is 1.00 bits per heavy atom. The van der Waals surface area contributed by atoms with Crippen molar-refractivity contribution >= 4 is 22.1 Å². The second-order valence-electron chi connectivity index (χ2n) is 5.12. The zero-order valence-electron chi connectivity index (χ0n) is 13.1. The van der Waals surface area contributed by atoms with E-state index in [2.05, 4.69) is 26.1 Å². The summed E-state index contributed by atoms with van der Waals surface area (Å²) in [5.74, 6) is 0.627. The average molecular weight is 401 g/mol. The highest BCUT2D eigenvalue weighted by Gasteiger charge is 1.99. The smallest absolute Gasteiger partial charge is 0.219 e. The predicted octanol–water partition coefficient (Wildman–Crippen LogP) is 5.33. The Kier molecular flexibility index (Phi) is 5.74. The lowest BCUT2D eigenvalue weighted by Crippen LogP contribution is -1.91. The highest BCUT2D eigenvalue weighted by atomic mass is 79.9. The lowest BCUT2D eigenvalue weighted by Gasteiger charge is -2.04. The summed E-state index contributed by atoms with van der Waals surface area (Å²) in [6.07, 6.45) is 3.19. The van der Waals surface area contributed by atoms with E-state index in [0.717, 1.165) is 15.6 Å². The average Bonchev–Trinajstić information content (AvgIpc) is 2.63. The van der Waals surface area contributed by atoms with E-state index in [1.54, 1.807) is 36.7 Å². The number of nitrogens with zero attached hydrogens (tertiary/aromatic N) is 2. The number of hydrogen-bond acceptors (Lipinski definition) is 4. The fourth-order valence-corrected chi connectivity index (χ4v) is 2.21. The number of hydrogen-bond donors (Lipinski definition) is 0. The first-order valence-corrected chi connectivity index (χ1v) is 8.27. The molecule has 0 spiro atoms. The quantitative estimate of drug-likeness (QED) is 0.415. The van der Waals surface area contributed by atoms with E-state index in [-0.39, 0.29) is 5.82 Å². The van der Waals surface area contributed by atoms with Crippen molar-refractivity contribution in [1.82, 2.24) is 4.98 Å². The molecule has 0 aliphatic rings. The van der Waals surface area contributed by atoms with Crippen molar-refractivity contribution in [2.45, 2.75) is 6.61 Å². The van der Waals surface area contributed by atoms with Crippen LogP contribution < -0.4 is 4.74 Å². The fourth-order valence-electron chi connectivity index (χ4n) is 1.94. The molecule has 0 amide bonds. The van der Waals surface area contributed by atoms with Crippen LogP contribution in [0.2, 0.25) is 0 Å². The molecule has 2 aromatic carbocycles. The van der Waals surface area contributed by atoms with Gasteiger partial charge >= 0.3 is 0 Å². The Balaban J connectivity index is 1.51. The third-order valence-corrected chi connectivity index (χ3v) is 3.74. The first-order chi connectivity index (χ1) is 12.2. The van der Waals surface area contributed by atoms with Gasteiger partial charge in [0, 0.05) is 22.3 Å². The minimum Gasteiger partial charge on any atom is -0.439 e. The fraction of sp³-hybridized carbons (Fsp3) is 0.0526. The maximum absolute atomic E-state index is 12.9. The van der Waals surface area contributed by atoms with Crippen LogP contribution in [0, 0.1) is 5.82 Å². The van der Waals surface area contributed by atoms with Crippen molar-refractivity contribution < 1.29 is 14.0 Å². The van der Waals surface area contributed by atoms with Crippen LogP contribution in [0.3, 0.4) is 0 Å². The number of rotatable bonds is 6. The summed E-state index contributed by atoms with van der Waals surface area (Å²) in [5.41, 5.74) is 1.81. The molecule has 1 heterocycles. The topological polar surface area (TPSA) is 43.7 Å². The van der Waals surface area contributed by atoms with Crippen LogP contribution in [-0.4, -0.2) is 11.2 Å². The van der Waals surface area contributed by atoms with Crippen molar-refractivity contribution in [1.29, 1.82) is 0 Å². The lowest BCUT2D eigenvalue weighted by molar-refractivity contribution is 0.132. The molecule has 4 nitrogen and oxygen atoms in total. The number of aromatic nitrogens is 1. The van der Waals surface area contributed by atoms with Crippen LogP contribution in [0.5, 0.6) is 11.6 Å². The molecule has 0 bridgehead atoms. The molecule has 0 radical (unpaired) electrons. The maximum atomic E-state index is 12.9. The highest BCUT2D eigenvalue weighted by Crippen LogP contribution is 2.19. The molecule has 6 heteroatoms. The molecule has 0 atom stereocenters. The van der Waals surface area contributed by atoms with Crippen molar-refractivity contribution in [2.75, 3.05) is 0 Å². The minimum atomic E-state index is -0.310. The molecule has 0 aliphatic heterocycles. The normalized spacial score (nSPS) is 10.8. The monoisotopic (exact) mass is 400 g/mol. The van der Waals surface area contributed by atoms with Gasteiger partial charge in [0.1, 0.15) is 18.2 Å². The molecule has 3 aromatic rings. The first-order valence-electron chi connectivity index (χ1n) is 7.48. The molecule has 0 aliphatic carbocycles. The molecule has 0 fully saturated rings. The van der Waals surface area contributed by atoms with Crippen molar-refractivity contribution in [3.8, 4) is 11.6 Å². The Labute approximate surface area is 153 Å². The van der Waals surface area contributed by atoms with Gasteiger partial charge in [-0.1, -0.05) is 33.2 Å². The Hall–Kier alpha value is -2.73. The molecular weight excluding hydrogens is 387 g/mol. The van der Waals surface area contributed by atoms with Gasteiger partial charge in [0.2, 0.25) is 5.88 Å². The minimum absolute atomic E-state index is 0.310. The van der Waals surface area contributed by atoms with Gasteiger partial charge in [-0.3, -0.25) is 0 Å². The molecule has 126 valence electrons. The van der Waals surface area contributed by atoms with Crippen LogP contribution in [0.25, 0.3) is 0 Å². The summed E-state index contributed by atoms with van der Waals surface area (Å²) in [6.45, 7) is 0.392. The van der Waals surface area contributed by atoms with Gasteiger partial charge in [0.25, 0.3) is 0 Å². The van der Waals surface area contributed by atoms with Crippen molar-refractivity contribution in [3.63, 3.8) is 0 Å². The van der Waals surface area contributed by atoms with Gasteiger partial charge in [-0.05, 0) is 48.0 Å². The Bertz CT molecular complexity index is 835. The summed E-state index contributed by atoms with van der Waals surface area (Å²) in [4.78, 5) is 9.44. The summed E-state index contributed by atoms with van der Waals surface area (Å²) in [7, 11) is 0. The third kappa shape index (κ3) is 5.39. The lowest BCUT2D eigenvalue weighted by atomic mass is 10.2. The molecule has 0 unspecified atom stereocenters. The molecule has 0 saturated carbocycles. The Morgan fingerprint density at radius 2 is 1.76 bits per heavy atom. The van der Waals surface area contributed by atoms with E-state index in [0.29, 0.717) is 18.2 Å². The van der Waals surface area contributed by atoms with Gasteiger partial charge in [-0.25, -0.2) is 9.37 Å². The second-order valence-corrected chi connectivity index (χ2v) is 6.04. The number of benzene rings is 2. The zero-order valence-corrected chi connectivity index (χ0v) is 14.7. The van der Waals surface area contributed by atoms with Crippen LogP contribution in [0.4, 0.5) is 4.39 Å². The molecular formula is C19H14BrFN2O2. The van der Waals surface area contributed by atoms with Crippen molar-refractivity contribution in [2.24, 2.45) is 5.16 Å². The summed E-state index contributed by atoms with van der Waals surface area (Å²) < 4.78 is 19.4. The summed E-state index contributed by atoms with van der Waals surface area (Å²) in [6, 6.07) is 17.1. The van der Waals surface area contributed by atoms with Crippen LogP contribution in [0.15, 0.2) is 76.5 Å². The predicted molar refractivity (Wildman–Crippen MR) is 97.2 cm³/mol. The standard InChI is InChI=1S/C19H14BrFN2O2/c20-16-4-1-14(2-5-16)13-24-23-12-15-3-10-19(22-11-15)25-18-8-6-17(21)7-9-18/h1-12H,13H2. The van der Waals surface area contributed by atoms with E-state index in [9.17, 15) is 4.39 Å². The second kappa shape index (κ2) is 8.39. The van der Waals surface area contributed by atoms with Crippen LogP contribution in [-0.2, 0) is 11.4 Å². The number of ether oxygens (including phenoxy) is 1. The van der Waals surface area contributed by atoms with Gasteiger partial charge in [0.15, 0.2) is 0 Å². The molecule has 1 aromatic heterocycles. The highest BCUT2D eigenvalue weighted by molar-refractivity contribution is 9.10. The van der Waals surface area contributed by atoms with Crippen LogP contribution >= 0.6 is 15.9 Å². The van der Waals surface area contributed by atoms with Gasteiger partial charge in [-0.15, -0.1) is 0 Å². The third-order valence-electron chi connectivity index (χ3n) is 3.22.